The van der Waals surface area contributed by atoms with Gasteiger partial charge in [0.05, 0.1) is 16.8 Å². The number of benzene rings is 2. The molecule has 5 nitrogen and oxygen atoms in total. The van der Waals surface area contributed by atoms with E-state index in [0.717, 1.165) is 6.54 Å². The third-order valence-corrected chi connectivity index (χ3v) is 3.97. The Labute approximate surface area is 147 Å². The molecule has 2 aromatic rings. The molecule has 0 fully saturated rings. The van der Waals surface area contributed by atoms with Crippen molar-refractivity contribution in [2.45, 2.75) is 20.8 Å². The third-order valence-electron chi connectivity index (χ3n) is 3.97. The van der Waals surface area contributed by atoms with Crippen LogP contribution in [-0.2, 0) is 0 Å². The fourth-order valence-electron chi connectivity index (χ4n) is 2.82. The van der Waals surface area contributed by atoms with Crippen LogP contribution in [0, 0.1) is 5.92 Å². The molecule has 2 aromatic carbocycles. The van der Waals surface area contributed by atoms with E-state index in [1.807, 2.05) is 11.8 Å². The van der Waals surface area contributed by atoms with Crippen molar-refractivity contribution in [3.63, 3.8) is 0 Å². The number of carbonyl (C=O) groups is 2. The number of ketones is 1. The molecule has 2 N–H and O–H groups in total. The molecule has 0 unspecified atom stereocenters. The summed E-state index contributed by atoms with van der Waals surface area (Å²) < 4.78 is 0. The highest BCUT2D eigenvalue weighted by atomic mass is 16.4. The van der Waals surface area contributed by atoms with Crippen LogP contribution in [0.2, 0.25) is 0 Å². The van der Waals surface area contributed by atoms with E-state index in [9.17, 15) is 19.8 Å². The molecule has 0 aromatic heterocycles. The number of phenols is 1. The first-order chi connectivity index (χ1) is 11.9. The smallest absolute Gasteiger partial charge is 0.336 e. The highest BCUT2D eigenvalue weighted by Crippen LogP contribution is 2.33. The van der Waals surface area contributed by atoms with Gasteiger partial charge >= 0.3 is 5.97 Å². The van der Waals surface area contributed by atoms with Crippen molar-refractivity contribution in [1.82, 2.24) is 0 Å². The molecule has 0 spiro atoms. The van der Waals surface area contributed by atoms with Gasteiger partial charge in [0, 0.05) is 18.7 Å². The number of para-hydroxylation sites is 1. The highest BCUT2D eigenvalue weighted by Gasteiger charge is 2.22. The van der Waals surface area contributed by atoms with E-state index in [-0.39, 0.29) is 22.4 Å². The van der Waals surface area contributed by atoms with Crippen molar-refractivity contribution in [3.8, 4) is 5.75 Å². The average molecular weight is 341 g/mol. The summed E-state index contributed by atoms with van der Waals surface area (Å²) in [5.74, 6) is -1.39. The molecule has 0 aliphatic carbocycles. The fraction of sp³-hybridized carbons (Fsp3) is 0.300. The lowest BCUT2D eigenvalue weighted by Crippen LogP contribution is -2.27. The summed E-state index contributed by atoms with van der Waals surface area (Å²) in [6, 6.07) is 11.0. The summed E-state index contributed by atoms with van der Waals surface area (Å²) in [4.78, 5) is 26.2. The first kappa shape index (κ1) is 18.5. The largest absolute Gasteiger partial charge is 0.505 e. The number of carboxylic acids is 1. The Balaban J connectivity index is 2.49. The second kappa shape index (κ2) is 7.83. The maximum Gasteiger partial charge on any atom is 0.336 e. The molecule has 0 radical (unpaired) electrons. The van der Waals surface area contributed by atoms with Crippen LogP contribution >= 0.6 is 0 Å². The Bertz CT molecular complexity index is 783. The molecule has 0 atom stereocenters. The van der Waals surface area contributed by atoms with Gasteiger partial charge < -0.3 is 15.1 Å². The van der Waals surface area contributed by atoms with Crippen molar-refractivity contribution < 1.29 is 19.8 Å². The van der Waals surface area contributed by atoms with Crippen molar-refractivity contribution >= 4 is 17.4 Å². The zero-order chi connectivity index (χ0) is 18.6. The van der Waals surface area contributed by atoms with E-state index in [1.165, 1.54) is 18.2 Å². The van der Waals surface area contributed by atoms with Crippen LogP contribution in [0.4, 0.5) is 5.69 Å². The van der Waals surface area contributed by atoms with Crippen molar-refractivity contribution in [1.29, 1.82) is 0 Å². The summed E-state index contributed by atoms with van der Waals surface area (Å²) >= 11 is 0. The Morgan fingerprint density at radius 3 is 2.16 bits per heavy atom. The number of hydrogen-bond donors (Lipinski definition) is 2. The number of carbonyl (C=O) groups excluding carboxylic acids is 1. The number of carboxylic acid groups (broad SMARTS) is 1. The lowest BCUT2D eigenvalue weighted by atomic mass is 9.97. The molecule has 0 saturated carbocycles. The van der Waals surface area contributed by atoms with Gasteiger partial charge in [-0.05, 0) is 31.0 Å². The molecular formula is C20H23NO4. The van der Waals surface area contributed by atoms with E-state index in [0.29, 0.717) is 18.2 Å². The first-order valence-electron chi connectivity index (χ1n) is 8.30. The van der Waals surface area contributed by atoms with E-state index in [1.54, 1.807) is 24.3 Å². The molecule has 25 heavy (non-hydrogen) atoms. The van der Waals surface area contributed by atoms with Gasteiger partial charge in [0.2, 0.25) is 0 Å². The first-order valence-corrected chi connectivity index (χ1v) is 8.30. The summed E-state index contributed by atoms with van der Waals surface area (Å²) in [7, 11) is 0. The Hall–Kier alpha value is -2.82. The van der Waals surface area contributed by atoms with Crippen molar-refractivity contribution in [2.75, 3.05) is 18.0 Å². The van der Waals surface area contributed by atoms with Crippen LogP contribution in [0.5, 0.6) is 5.75 Å². The van der Waals surface area contributed by atoms with Gasteiger partial charge in [0.1, 0.15) is 5.75 Å². The van der Waals surface area contributed by atoms with Crippen LogP contribution in [0.15, 0.2) is 42.5 Å². The second-order valence-electron chi connectivity index (χ2n) is 6.29. The van der Waals surface area contributed by atoms with Gasteiger partial charge in [-0.25, -0.2) is 4.79 Å². The summed E-state index contributed by atoms with van der Waals surface area (Å²) in [5, 5.41) is 19.9. The molecule has 0 bridgehead atoms. The minimum Gasteiger partial charge on any atom is -0.505 e. The number of nitrogens with zero attached hydrogens (tertiary/aromatic N) is 1. The SMILES string of the molecule is CCN(CC(C)C)c1cccc(C(=O)c2ccccc2C(=O)O)c1O. The fourth-order valence-corrected chi connectivity index (χ4v) is 2.82. The van der Waals surface area contributed by atoms with Crippen LogP contribution < -0.4 is 4.90 Å². The summed E-state index contributed by atoms with van der Waals surface area (Å²) in [6.07, 6.45) is 0. The van der Waals surface area contributed by atoms with Crippen LogP contribution in [0.1, 0.15) is 47.1 Å². The molecule has 0 aliphatic heterocycles. The topological polar surface area (TPSA) is 77.8 Å². The Morgan fingerprint density at radius 2 is 1.60 bits per heavy atom. The number of hydrogen-bond acceptors (Lipinski definition) is 4. The molecule has 5 heteroatoms. The van der Waals surface area contributed by atoms with E-state index in [2.05, 4.69) is 13.8 Å². The van der Waals surface area contributed by atoms with Crippen molar-refractivity contribution in [2.24, 2.45) is 5.92 Å². The molecular weight excluding hydrogens is 318 g/mol. The number of phenolic OH excluding ortho intramolecular Hbond substituents is 1. The predicted molar refractivity (Wildman–Crippen MR) is 97.7 cm³/mol. The van der Waals surface area contributed by atoms with Gasteiger partial charge in [-0.3, -0.25) is 4.79 Å². The maximum absolute atomic E-state index is 12.8. The third kappa shape index (κ3) is 3.99. The minimum atomic E-state index is -1.17. The monoisotopic (exact) mass is 341 g/mol. The van der Waals surface area contributed by atoms with Gasteiger partial charge in [-0.2, -0.15) is 0 Å². The normalized spacial score (nSPS) is 10.7. The van der Waals surface area contributed by atoms with Crippen LogP contribution in [0.25, 0.3) is 0 Å². The van der Waals surface area contributed by atoms with E-state index < -0.39 is 11.8 Å². The zero-order valence-corrected chi connectivity index (χ0v) is 14.7. The standard InChI is InChI=1S/C20H23NO4/c1-4-21(12-13(2)3)17-11-7-10-16(19(17)23)18(22)14-8-5-6-9-15(14)20(24)25/h5-11,13,23H,4,12H2,1-3H3,(H,24,25). The highest BCUT2D eigenvalue weighted by molar-refractivity contribution is 6.16. The number of aromatic hydroxyl groups is 1. The van der Waals surface area contributed by atoms with Gasteiger partial charge in [-0.15, -0.1) is 0 Å². The lowest BCUT2D eigenvalue weighted by molar-refractivity contribution is 0.0692. The zero-order valence-electron chi connectivity index (χ0n) is 14.7. The summed E-state index contributed by atoms with van der Waals surface area (Å²) in [5.41, 5.74) is 0.671. The van der Waals surface area contributed by atoms with Gasteiger partial charge in [0.15, 0.2) is 5.78 Å². The minimum absolute atomic E-state index is 0.0642. The van der Waals surface area contributed by atoms with E-state index in [4.69, 9.17) is 0 Å². The molecule has 0 aliphatic rings. The quantitative estimate of drug-likeness (QED) is 0.749. The number of anilines is 1. The number of rotatable bonds is 7. The Morgan fingerprint density at radius 1 is 1.00 bits per heavy atom. The average Bonchev–Trinajstić information content (AvgIpc) is 2.59. The molecule has 0 amide bonds. The molecule has 0 heterocycles. The molecule has 2 rings (SSSR count). The maximum atomic E-state index is 12.8. The molecule has 132 valence electrons. The van der Waals surface area contributed by atoms with Crippen LogP contribution in [0.3, 0.4) is 0 Å². The lowest BCUT2D eigenvalue weighted by Gasteiger charge is -2.26. The van der Waals surface area contributed by atoms with Gasteiger partial charge in [-0.1, -0.05) is 38.1 Å². The molecule has 0 saturated heterocycles. The van der Waals surface area contributed by atoms with Crippen molar-refractivity contribution in [3.05, 3.63) is 59.2 Å². The predicted octanol–water partition coefficient (Wildman–Crippen LogP) is 3.80. The van der Waals surface area contributed by atoms with E-state index >= 15 is 0 Å². The summed E-state index contributed by atoms with van der Waals surface area (Å²) in [6.45, 7) is 7.58. The number of aromatic carboxylic acids is 1. The van der Waals surface area contributed by atoms with Gasteiger partial charge in [0.25, 0.3) is 0 Å². The van der Waals surface area contributed by atoms with Crippen LogP contribution in [-0.4, -0.2) is 35.1 Å². The Kier molecular flexibility index (Phi) is 5.80. The second-order valence-corrected chi connectivity index (χ2v) is 6.29.